The SMILES string of the molecule is Cn1cc(-c2ccc(N)cc2CO)nn1. The van der Waals surface area contributed by atoms with Crippen LogP contribution in [0.2, 0.25) is 0 Å². The van der Waals surface area contributed by atoms with Crippen molar-refractivity contribution in [3.63, 3.8) is 0 Å². The average molecular weight is 204 g/mol. The van der Waals surface area contributed by atoms with Crippen molar-refractivity contribution in [1.82, 2.24) is 15.0 Å². The summed E-state index contributed by atoms with van der Waals surface area (Å²) in [4.78, 5) is 0. The molecular weight excluding hydrogens is 192 g/mol. The third-order valence-corrected chi connectivity index (χ3v) is 2.18. The number of anilines is 1. The zero-order chi connectivity index (χ0) is 10.8. The van der Waals surface area contributed by atoms with Gasteiger partial charge in [0, 0.05) is 18.3 Å². The minimum Gasteiger partial charge on any atom is -0.399 e. The number of rotatable bonds is 2. The Morgan fingerprint density at radius 2 is 2.27 bits per heavy atom. The fraction of sp³-hybridized carbons (Fsp3) is 0.200. The maximum Gasteiger partial charge on any atom is 0.113 e. The van der Waals surface area contributed by atoms with Gasteiger partial charge in [0.2, 0.25) is 0 Å². The molecule has 0 aliphatic rings. The number of hydrogen-bond acceptors (Lipinski definition) is 4. The number of nitrogen functional groups attached to an aromatic ring is 1. The lowest BCUT2D eigenvalue weighted by Gasteiger charge is -2.04. The summed E-state index contributed by atoms with van der Waals surface area (Å²) < 4.78 is 1.62. The molecule has 15 heavy (non-hydrogen) atoms. The molecule has 0 atom stereocenters. The Balaban J connectivity index is 2.52. The first kappa shape index (κ1) is 9.67. The highest BCUT2D eigenvalue weighted by Crippen LogP contribution is 2.23. The molecule has 5 heteroatoms. The van der Waals surface area contributed by atoms with E-state index in [1.165, 1.54) is 0 Å². The number of benzene rings is 1. The third kappa shape index (κ3) is 1.82. The molecule has 0 unspecified atom stereocenters. The molecule has 3 N–H and O–H groups in total. The summed E-state index contributed by atoms with van der Waals surface area (Å²) in [5.41, 5.74) is 8.62. The Morgan fingerprint density at radius 3 is 2.87 bits per heavy atom. The zero-order valence-electron chi connectivity index (χ0n) is 8.38. The van der Waals surface area contributed by atoms with Gasteiger partial charge in [0.15, 0.2) is 0 Å². The summed E-state index contributed by atoms with van der Waals surface area (Å²) in [7, 11) is 1.80. The lowest BCUT2D eigenvalue weighted by Crippen LogP contribution is -1.93. The Kier molecular flexibility index (Phi) is 2.39. The van der Waals surface area contributed by atoms with Gasteiger partial charge in [-0.15, -0.1) is 5.10 Å². The first-order valence-electron chi connectivity index (χ1n) is 4.56. The number of aliphatic hydroxyl groups excluding tert-OH is 1. The van der Waals surface area contributed by atoms with Gasteiger partial charge >= 0.3 is 0 Å². The van der Waals surface area contributed by atoms with Crippen molar-refractivity contribution in [2.45, 2.75) is 6.61 Å². The van der Waals surface area contributed by atoms with E-state index in [1.807, 2.05) is 6.07 Å². The molecule has 0 amide bonds. The summed E-state index contributed by atoms with van der Waals surface area (Å²) in [6, 6.07) is 5.36. The van der Waals surface area contributed by atoms with E-state index in [0.717, 1.165) is 16.8 Å². The highest BCUT2D eigenvalue weighted by molar-refractivity contribution is 5.65. The number of nitrogens with zero attached hydrogens (tertiary/aromatic N) is 3. The largest absolute Gasteiger partial charge is 0.399 e. The number of nitrogens with two attached hydrogens (primary N) is 1. The van der Waals surface area contributed by atoms with E-state index in [2.05, 4.69) is 10.3 Å². The molecule has 0 spiro atoms. The van der Waals surface area contributed by atoms with E-state index in [-0.39, 0.29) is 6.61 Å². The second-order valence-electron chi connectivity index (χ2n) is 3.35. The molecule has 0 saturated heterocycles. The molecule has 1 aromatic carbocycles. The van der Waals surface area contributed by atoms with Gasteiger partial charge in [0.05, 0.1) is 12.8 Å². The van der Waals surface area contributed by atoms with Crippen LogP contribution in [0.4, 0.5) is 5.69 Å². The third-order valence-electron chi connectivity index (χ3n) is 2.18. The van der Waals surface area contributed by atoms with Crippen LogP contribution in [0.5, 0.6) is 0 Å². The molecule has 0 fully saturated rings. The van der Waals surface area contributed by atoms with Crippen molar-refractivity contribution in [3.8, 4) is 11.3 Å². The number of aliphatic hydroxyl groups is 1. The van der Waals surface area contributed by atoms with Gasteiger partial charge in [-0.25, -0.2) is 0 Å². The molecule has 2 aromatic rings. The van der Waals surface area contributed by atoms with Crippen LogP contribution in [-0.2, 0) is 13.7 Å². The molecule has 0 aliphatic heterocycles. The van der Waals surface area contributed by atoms with Gasteiger partial charge in [-0.2, -0.15) is 0 Å². The van der Waals surface area contributed by atoms with Crippen LogP contribution in [0.25, 0.3) is 11.3 Å². The maximum atomic E-state index is 9.20. The zero-order valence-corrected chi connectivity index (χ0v) is 8.38. The predicted octanol–water partition coefficient (Wildman–Crippen LogP) is 0.557. The van der Waals surface area contributed by atoms with E-state index in [9.17, 15) is 5.11 Å². The second-order valence-corrected chi connectivity index (χ2v) is 3.35. The highest BCUT2D eigenvalue weighted by atomic mass is 16.3. The van der Waals surface area contributed by atoms with Crippen LogP contribution in [0, 0.1) is 0 Å². The number of aromatic nitrogens is 3. The Bertz CT molecular complexity index is 478. The molecule has 1 heterocycles. The van der Waals surface area contributed by atoms with Crippen molar-refractivity contribution in [1.29, 1.82) is 0 Å². The summed E-state index contributed by atoms with van der Waals surface area (Å²) in [5.74, 6) is 0. The van der Waals surface area contributed by atoms with Gasteiger partial charge in [-0.05, 0) is 17.7 Å². The van der Waals surface area contributed by atoms with Crippen molar-refractivity contribution in [2.75, 3.05) is 5.73 Å². The minimum absolute atomic E-state index is 0.0586. The number of hydrogen-bond donors (Lipinski definition) is 2. The highest BCUT2D eigenvalue weighted by Gasteiger charge is 2.07. The van der Waals surface area contributed by atoms with Crippen molar-refractivity contribution >= 4 is 5.69 Å². The average Bonchev–Trinajstić information content (AvgIpc) is 2.64. The van der Waals surface area contributed by atoms with Crippen LogP contribution >= 0.6 is 0 Å². The first-order valence-corrected chi connectivity index (χ1v) is 4.56. The van der Waals surface area contributed by atoms with Crippen LogP contribution in [0.1, 0.15) is 5.56 Å². The normalized spacial score (nSPS) is 10.5. The smallest absolute Gasteiger partial charge is 0.113 e. The van der Waals surface area contributed by atoms with Crippen molar-refractivity contribution in [2.24, 2.45) is 7.05 Å². The molecule has 2 rings (SSSR count). The Hall–Kier alpha value is -1.88. The predicted molar refractivity (Wildman–Crippen MR) is 56.8 cm³/mol. The summed E-state index contributed by atoms with van der Waals surface area (Å²) in [6.45, 7) is -0.0586. The molecule has 78 valence electrons. The fourth-order valence-corrected chi connectivity index (χ4v) is 1.47. The lowest BCUT2D eigenvalue weighted by molar-refractivity contribution is 0.282. The monoisotopic (exact) mass is 204 g/mol. The van der Waals surface area contributed by atoms with Gasteiger partial charge in [0.25, 0.3) is 0 Å². The van der Waals surface area contributed by atoms with Gasteiger partial charge < -0.3 is 10.8 Å². The molecule has 0 radical (unpaired) electrons. The van der Waals surface area contributed by atoms with Gasteiger partial charge in [-0.1, -0.05) is 11.3 Å². The van der Waals surface area contributed by atoms with Crippen LogP contribution in [0.3, 0.4) is 0 Å². The van der Waals surface area contributed by atoms with Crippen molar-refractivity contribution in [3.05, 3.63) is 30.0 Å². The Morgan fingerprint density at radius 1 is 1.47 bits per heavy atom. The van der Waals surface area contributed by atoms with Gasteiger partial charge in [0.1, 0.15) is 5.69 Å². The Labute approximate surface area is 87.1 Å². The molecule has 0 saturated carbocycles. The summed E-state index contributed by atoms with van der Waals surface area (Å²) in [5, 5.41) is 17.0. The standard InChI is InChI=1S/C10H12N4O/c1-14-5-10(12-13-14)9-3-2-8(11)4-7(9)6-15/h2-5,15H,6,11H2,1H3. The molecular formula is C10H12N4O. The molecule has 0 aliphatic carbocycles. The molecule has 1 aromatic heterocycles. The molecule has 0 bridgehead atoms. The summed E-state index contributed by atoms with van der Waals surface area (Å²) >= 11 is 0. The van der Waals surface area contributed by atoms with E-state index in [0.29, 0.717) is 5.69 Å². The topological polar surface area (TPSA) is 77.0 Å². The number of aryl methyl sites for hydroxylation is 1. The molecule has 5 nitrogen and oxygen atoms in total. The minimum atomic E-state index is -0.0586. The van der Waals surface area contributed by atoms with Crippen molar-refractivity contribution < 1.29 is 5.11 Å². The van der Waals surface area contributed by atoms with Crippen LogP contribution in [-0.4, -0.2) is 20.1 Å². The van der Waals surface area contributed by atoms with Gasteiger partial charge in [-0.3, -0.25) is 4.68 Å². The first-order chi connectivity index (χ1) is 7.20. The van der Waals surface area contributed by atoms with E-state index in [1.54, 1.807) is 30.1 Å². The maximum absolute atomic E-state index is 9.20. The second kappa shape index (κ2) is 3.70. The van der Waals surface area contributed by atoms with Crippen LogP contribution < -0.4 is 5.73 Å². The quantitative estimate of drug-likeness (QED) is 0.700. The van der Waals surface area contributed by atoms with E-state index >= 15 is 0 Å². The van der Waals surface area contributed by atoms with Crippen LogP contribution in [0.15, 0.2) is 24.4 Å². The van der Waals surface area contributed by atoms with E-state index < -0.39 is 0 Å². The summed E-state index contributed by atoms with van der Waals surface area (Å²) in [6.07, 6.45) is 1.80. The fourth-order valence-electron chi connectivity index (χ4n) is 1.47. The van der Waals surface area contributed by atoms with E-state index in [4.69, 9.17) is 5.73 Å². The lowest BCUT2D eigenvalue weighted by atomic mass is 10.1.